The molecule has 0 aliphatic heterocycles. The van der Waals surface area contributed by atoms with Crippen molar-refractivity contribution in [3.8, 4) is 6.07 Å². The minimum Gasteiger partial charge on any atom is -0.357 e. The van der Waals surface area contributed by atoms with E-state index in [1.165, 1.54) is 12.1 Å². The monoisotopic (exact) mass is 346 g/mol. The standard InChI is InChI=1S/C16H8F2N2O3S/c17-12-3-1-2-11-15(12)20-8-14(16(11)21)24(22,23)10-5-4-9(7-19)13(18)6-10/h1-6,8H,(H,20,21). The molecule has 2 aromatic carbocycles. The molecule has 0 amide bonds. The van der Waals surface area contributed by atoms with E-state index in [1.54, 1.807) is 6.07 Å². The van der Waals surface area contributed by atoms with Crippen molar-refractivity contribution in [2.75, 3.05) is 0 Å². The maximum absolute atomic E-state index is 13.7. The van der Waals surface area contributed by atoms with E-state index in [9.17, 15) is 22.0 Å². The second-order valence-electron chi connectivity index (χ2n) is 4.90. The number of fused-ring (bicyclic) bond motifs is 1. The quantitative estimate of drug-likeness (QED) is 0.772. The number of nitriles is 1. The maximum atomic E-state index is 13.7. The number of aromatic amines is 1. The molecule has 0 aliphatic rings. The Hall–Kier alpha value is -3.05. The van der Waals surface area contributed by atoms with Gasteiger partial charge in [-0.05, 0) is 30.3 Å². The molecule has 3 aromatic rings. The molecule has 3 rings (SSSR count). The Balaban J connectivity index is 2.27. The first-order valence-electron chi connectivity index (χ1n) is 6.61. The Morgan fingerprint density at radius 1 is 1.08 bits per heavy atom. The molecule has 5 nitrogen and oxygen atoms in total. The number of hydrogen-bond donors (Lipinski definition) is 1. The minimum atomic E-state index is -4.34. The summed E-state index contributed by atoms with van der Waals surface area (Å²) in [6, 6.07) is 7.99. The van der Waals surface area contributed by atoms with Crippen LogP contribution >= 0.6 is 0 Å². The van der Waals surface area contributed by atoms with Gasteiger partial charge in [-0.15, -0.1) is 0 Å². The average molecular weight is 346 g/mol. The number of H-pyrrole nitrogens is 1. The lowest BCUT2D eigenvalue weighted by Gasteiger charge is -2.06. The minimum absolute atomic E-state index is 0.118. The summed E-state index contributed by atoms with van der Waals surface area (Å²) >= 11 is 0. The fourth-order valence-corrected chi connectivity index (χ4v) is 3.60. The fraction of sp³-hybridized carbons (Fsp3) is 0. The van der Waals surface area contributed by atoms with Crippen LogP contribution in [-0.2, 0) is 9.84 Å². The first kappa shape index (κ1) is 15.8. The van der Waals surface area contributed by atoms with Crippen molar-refractivity contribution in [3.05, 3.63) is 70.0 Å². The molecule has 0 fully saturated rings. The Morgan fingerprint density at radius 2 is 1.83 bits per heavy atom. The summed E-state index contributed by atoms with van der Waals surface area (Å²) in [6.07, 6.45) is 0.874. The number of rotatable bonds is 2. The Morgan fingerprint density at radius 3 is 2.50 bits per heavy atom. The van der Waals surface area contributed by atoms with Crippen LogP contribution in [-0.4, -0.2) is 13.4 Å². The molecular weight excluding hydrogens is 338 g/mol. The first-order chi connectivity index (χ1) is 11.4. The van der Waals surface area contributed by atoms with E-state index in [2.05, 4.69) is 4.98 Å². The maximum Gasteiger partial charge on any atom is 0.212 e. The van der Waals surface area contributed by atoms with Crippen LogP contribution in [0.2, 0.25) is 0 Å². The third kappa shape index (κ3) is 2.35. The van der Waals surface area contributed by atoms with Gasteiger partial charge in [0.05, 0.1) is 16.0 Å². The Labute approximate surface area is 134 Å². The number of halogens is 2. The molecule has 0 bridgehead atoms. The highest BCUT2D eigenvalue weighted by Crippen LogP contribution is 2.22. The van der Waals surface area contributed by atoms with E-state index in [1.807, 2.05) is 0 Å². The summed E-state index contributed by atoms with van der Waals surface area (Å²) < 4.78 is 52.5. The van der Waals surface area contributed by atoms with Crippen molar-refractivity contribution in [2.24, 2.45) is 0 Å². The molecule has 1 N–H and O–H groups in total. The number of pyridine rings is 1. The highest BCUT2D eigenvalue weighted by molar-refractivity contribution is 7.91. The van der Waals surface area contributed by atoms with Gasteiger partial charge in [0.1, 0.15) is 22.6 Å². The Kier molecular flexibility index (Phi) is 3.66. The van der Waals surface area contributed by atoms with Gasteiger partial charge in [0, 0.05) is 11.6 Å². The topological polar surface area (TPSA) is 90.8 Å². The number of aromatic nitrogens is 1. The third-order valence-corrected chi connectivity index (χ3v) is 5.25. The van der Waals surface area contributed by atoms with Crippen LogP contribution in [0.25, 0.3) is 10.9 Å². The number of nitrogens with one attached hydrogen (secondary N) is 1. The lowest BCUT2D eigenvalue weighted by molar-refractivity contribution is 0.589. The summed E-state index contributed by atoms with van der Waals surface area (Å²) in [4.78, 5) is 13.7. The van der Waals surface area contributed by atoms with Gasteiger partial charge in [0.25, 0.3) is 0 Å². The molecule has 0 saturated heterocycles. The van der Waals surface area contributed by atoms with Gasteiger partial charge in [-0.1, -0.05) is 6.07 Å². The van der Waals surface area contributed by atoms with Crippen LogP contribution in [0.3, 0.4) is 0 Å². The van der Waals surface area contributed by atoms with E-state index >= 15 is 0 Å². The highest BCUT2D eigenvalue weighted by atomic mass is 32.2. The normalized spacial score (nSPS) is 11.4. The molecule has 1 heterocycles. The SMILES string of the molecule is N#Cc1ccc(S(=O)(=O)c2c[nH]c3c(F)cccc3c2=O)cc1F. The van der Waals surface area contributed by atoms with Crippen LogP contribution in [0, 0.1) is 23.0 Å². The zero-order chi connectivity index (χ0) is 17.5. The van der Waals surface area contributed by atoms with Crippen LogP contribution in [0.1, 0.15) is 5.56 Å². The van der Waals surface area contributed by atoms with Crippen molar-refractivity contribution in [3.63, 3.8) is 0 Å². The molecule has 0 saturated carbocycles. The third-order valence-electron chi connectivity index (χ3n) is 3.49. The molecule has 0 unspecified atom stereocenters. The van der Waals surface area contributed by atoms with Crippen LogP contribution < -0.4 is 5.43 Å². The highest BCUT2D eigenvalue weighted by Gasteiger charge is 2.24. The van der Waals surface area contributed by atoms with Crippen LogP contribution in [0.4, 0.5) is 8.78 Å². The summed E-state index contributed by atoms with van der Waals surface area (Å²) in [5, 5.41) is 8.55. The largest absolute Gasteiger partial charge is 0.357 e. The zero-order valence-corrected chi connectivity index (χ0v) is 12.7. The molecule has 120 valence electrons. The van der Waals surface area contributed by atoms with Crippen molar-refractivity contribution >= 4 is 20.7 Å². The zero-order valence-electron chi connectivity index (χ0n) is 11.9. The summed E-state index contributed by atoms with van der Waals surface area (Å²) in [7, 11) is -4.34. The first-order valence-corrected chi connectivity index (χ1v) is 8.09. The summed E-state index contributed by atoms with van der Waals surface area (Å²) in [6.45, 7) is 0. The van der Waals surface area contributed by atoms with Gasteiger partial charge in [-0.25, -0.2) is 17.2 Å². The van der Waals surface area contributed by atoms with Crippen LogP contribution in [0.15, 0.2) is 57.2 Å². The second kappa shape index (κ2) is 5.54. The van der Waals surface area contributed by atoms with E-state index in [0.717, 1.165) is 24.4 Å². The van der Waals surface area contributed by atoms with E-state index in [-0.39, 0.29) is 16.5 Å². The van der Waals surface area contributed by atoms with Crippen molar-refractivity contribution in [1.29, 1.82) is 5.26 Å². The second-order valence-corrected chi connectivity index (χ2v) is 6.82. The number of para-hydroxylation sites is 1. The van der Waals surface area contributed by atoms with Gasteiger partial charge in [0.15, 0.2) is 0 Å². The summed E-state index contributed by atoms with van der Waals surface area (Å²) in [5.74, 6) is -1.71. The van der Waals surface area contributed by atoms with Gasteiger partial charge < -0.3 is 4.98 Å². The van der Waals surface area contributed by atoms with Crippen molar-refractivity contribution in [2.45, 2.75) is 9.79 Å². The van der Waals surface area contributed by atoms with Gasteiger partial charge in [-0.2, -0.15) is 5.26 Å². The molecule has 0 spiro atoms. The molecule has 0 radical (unpaired) electrons. The predicted octanol–water partition coefficient (Wildman–Crippen LogP) is 2.51. The molecule has 1 aromatic heterocycles. The Bertz CT molecular complexity index is 1180. The fourth-order valence-electron chi connectivity index (χ4n) is 2.28. The lowest BCUT2D eigenvalue weighted by atomic mass is 10.2. The average Bonchev–Trinajstić information content (AvgIpc) is 2.55. The smallest absolute Gasteiger partial charge is 0.212 e. The summed E-state index contributed by atoms with van der Waals surface area (Å²) in [5.41, 5.74) is -1.33. The van der Waals surface area contributed by atoms with Gasteiger partial charge in [0.2, 0.25) is 15.3 Å². The van der Waals surface area contributed by atoms with E-state index < -0.39 is 36.7 Å². The van der Waals surface area contributed by atoms with E-state index in [0.29, 0.717) is 6.07 Å². The molecule has 0 atom stereocenters. The lowest BCUT2D eigenvalue weighted by Crippen LogP contribution is -2.16. The number of hydrogen-bond acceptors (Lipinski definition) is 4. The molecule has 0 aliphatic carbocycles. The molecule has 8 heteroatoms. The molecule has 24 heavy (non-hydrogen) atoms. The van der Waals surface area contributed by atoms with Crippen LogP contribution in [0.5, 0.6) is 0 Å². The number of sulfone groups is 1. The van der Waals surface area contributed by atoms with Crippen molar-refractivity contribution in [1.82, 2.24) is 4.98 Å². The number of benzene rings is 2. The number of nitrogens with zero attached hydrogens (tertiary/aromatic N) is 1. The predicted molar refractivity (Wildman–Crippen MR) is 81.1 cm³/mol. The van der Waals surface area contributed by atoms with Gasteiger partial charge in [-0.3, -0.25) is 4.79 Å². The van der Waals surface area contributed by atoms with E-state index in [4.69, 9.17) is 5.26 Å². The van der Waals surface area contributed by atoms with Crippen molar-refractivity contribution < 1.29 is 17.2 Å². The van der Waals surface area contributed by atoms with Gasteiger partial charge >= 0.3 is 0 Å². The molecular formula is C16H8F2N2O3S.